The molecular formula is C21H19FN4O3S. The number of nitrogens with zero attached hydrogens (tertiary/aromatic N) is 4. The summed E-state index contributed by atoms with van der Waals surface area (Å²) in [6, 6.07) is 5.18. The fourth-order valence-electron chi connectivity index (χ4n) is 3.48. The fourth-order valence-corrected chi connectivity index (χ4v) is 4.53. The number of thiazole rings is 1. The van der Waals surface area contributed by atoms with Gasteiger partial charge in [0.25, 0.3) is 5.56 Å². The number of allylic oxidation sites excluding steroid dienone is 1. The monoisotopic (exact) mass is 426 g/mol. The van der Waals surface area contributed by atoms with E-state index in [9.17, 15) is 14.0 Å². The quantitative estimate of drug-likeness (QED) is 0.596. The lowest BCUT2D eigenvalue weighted by Gasteiger charge is -2.23. The molecule has 0 radical (unpaired) electrons. The van der Waals surface area contributed by atoms with E-state index in [0.29, 0.717) is 26.2 Å². The molecule has 1 aliphatic rings. The molecule has 7 nitrogen and oxygen atoms in total. The van der Waals surface area contributed by atoms with Crippen molar-refractivity contribution in [3.8, 4) is 0 Å². The van der Waals surface area contributed by atoms with Crippen LogP contribution in [0.15, 0.2) is 51.5 Å². The molecule has 1 atom stereocenters. The maximum Gasteiger partial charge on any atom is 0.338 e. The summed E-state index contributed by atoms with van der Waals surface area (Å²) >= 11 is 1.22. The summed E-state index contributed by atoms with van der Waals surface area (Å²) in [5.41, 5.74) is 2.75. The summed E-state index contributed by atoms with van der Waals surface area (Å²) < 4.78 is 21.8. The summed E-state index contributed by atoms with van der Waals surface area (Å²) in [6.07, 6.45) is 3.34. The standard InChI is InChI=1S/C21H19FN4O3S/c1-11-17(20(28)29-4)18(15-10-23-25(3)12(15)2)26-19(27)16(30-21(26)24-11)9-13-5-7-14(22)8-6-13/h5-10,18H,1-4H3. The number of halogens is 1. The van der Waals surface area contributed by atoms with E-state index in [4.69, 9.17) is 4.74 Å². The first-order valence-electron chi connectivity index (χ1n) is 9.16. The molecule has 0 saturated heterocycles. The number of hydrogen-bond acceptors (Lipinski definition) is 6. The normalized spacial score (nSPS) is 16.4. The van der Waals surface area contributed by atoms with Crippen LogP contribution in [0.2, 0.25) is 0 Å². The van der Waals surface area contributed by atoms with Crippen molar-refractivity contribution in [2.75, 3.05) is 7.11 Å². The number of methoxy groups -OCH3 is 1. The van der Waals surface area contributed by atoms with Crippen LogP contribution in [0.5, 0.6) is 0 Å². The van der Waals surface area contributed by atoms with Crippen molar-refractivity contribution < 1.29 is 13.9 Å². The zero-order chi connectivity index (χ0) is 21.6. The molecule has 0 saturated carbocycles. The molecule has 0 N–H and O–H groups in total. The van der Waals surface area contributed by atoms with E-state index in [1.165, 1.54) is 35.1 Å². The highest BCUT2D eigenvalue weighted by atomic mass is 32.1. The van der Waals surface area contributed by atoms with Crippen LogP contribution >= 0.6 is 11.3 Å². The largest absolute Gasteiger partial charge is 0.466 e. The Hall–Kier alpha value is -3.33. The van der Waals surface area contributed by atoms with E-state index in [0.717, 1.165) is 11.3 Å². The average molecular weight is 426 g/mol. The molecule has 0 spiro atoms. The third-order valence-electron chi connectivity index (χ3n) is 5.16. The number of aromatic nitrogens is 3. The molecule has 0 amide bonds. The van der Waals surface area contributed by atoms with Gasteiger partial charge in [0.1, 0.15) is 11.9 Å². The highest BCUT2D eigenvalue weighted by Crippen LogP contribution is 2.32. The first kappa shape index (κ1) is 20.0. The Balaban J connectivity index is 1.99. The van der Waals surface area contributed by atoms with Crippen LogP contribution in [-0.4, -0.2) is 27.4 Å². The Morgan fingerprint density at radius 1 is 1.27 bits per heavy atom. The number of carbonyl (C=O) groups is 1. The molecule has 30 heavy (non-hydrogen) atoms. The Kier molecular flexibility index (Phi) is 4.98. The first-order chi connectivity index (χ1) is 14.3. The molecule has 9 heteroatoms. The molecule has 1 aliphatic heterocycles. The van der Waals surface area contributed by atoms with Crippen LogP contribution in [0.25, 0.3) is 6.08 Å². The minimum absolute atomic E-state index is 0.287. The lowest BCUT2D eigenvalue weighted by molar-refractivity contribution is -0.136. The summed E-state index contributed by atoms with van der Waals surface area (Å²) in [6.45, 7) is 3.60. The molecule has 4 rings (SSSR count). The Morgan fingerprint density at radius 3 is 2.57 bits per heavy atom. The smallest absolute Gasteiger partial charge is 0.338 e. The second-order valence-electron chi connectivity index (χ2n) is 6.93. The van der Waals surface area contributed by atoms with Gasteiger partial charge in [0.2, 0.25) is 0 Å². The molecule has 2 aromatic heterocycles. The van der Waals surface area contributed by atoms with Gasteiger partial charge in [-0.15, -0.1) is 0 Å². The zero-order valence-corrected chi connectivity index (χ0v) is 17.7. The van der Waals surface area contributed by atoms with Crippen molar-refractivity contribution in [2.45, 2.75) is 19.9 Å². The number of hydrogen-bond donors (Lipinski definition) is 0. The van der Waals surface area contributed by atoms with Crippen molar-refractivity contribution in [1.29, 1.82) is 0 Å². The van der Waals surface area contributed by atoms with Gasteiger partial charge in [-0.2, -0.15) is 5.10 Å². The first-order valence-corrected chi connectivity index (χ1v) is 9.98. The fraction of sp³-hybridized carbons (Fsp3) is 0.238. The molecule has 3 aromatic rings. The second-order valence-corrected chi connectivity index (χ2v) is 7.94. The summed E-state index contributed by atoms with van der Waals surface area (Å²) in [7, 11) is 3.10. The van der Waals surface area contributed by atoms with E-state index in [-0.39, 0.29) is 11.4 Å². The summed E-state index contributed by atoms with van der Waals surface area (Å²) in [5, 5.41) is 4.28. The molecule has 1 aromatic carbocycles. The van der Waals surface area contributed by atoms with Crippen LogP contribution in [0.4, 0.5) is 4.39 Å². The van der Waals surface area contributed by atoms with Gasteiger partial charge in [0, 0.05) is 18.3 Å². The predicted octanol–water partition coefficient (Wildman–Crippen LogP) is 1.59. The SMILES string of the molecule is COC(=O)C1=C(C)N=c2sc(=Cc3ccc(F)cc3)c(=O)n2C1c1cnn(C)c1C. The Labute approximate surface area is 175 Å². The molecule has 0 bridgehead atoms. The van der Waals surface area contributed by atoms with Crippen LogP contribution in [-0.2, 0) is 16.6 Å². The number of esters is 1. The van der Waals surface area contributed by atoms with Crippen molar-refractivity contribution in [2.24, 2.45) is 12.0 Å². The lowest BCUT2D eigenvalue weighted by atomic mass is 9.96. The lowest BCUT2D eigenvalue weighted by Crippen LogP contribution is -2.40. The minimum Gasteiger partial charge on any atom is -0.466 e. The highest BCUT2D eigenvalue weighted by Gasteiger charge is 2.34. The van der Waals surface area contributed by atoms with E-state index >= 15 is 0 Å². The summed E-state index contributed by atoms with van der Waals surface area (Å²) in [4.78, 5) is 30.9. The van der Waals surface area contributed by atoms with Gasteiger partial charge in [-0.3, -0.25) is 14.0 Å². The number of carbonyl (C=O) groups excluding carboxylic acids is 1. The molecule has 1 unspecified atom stereocenters. The van der Waals surface area contributed by atoms with E-state index in [1.54, 1.807) is 43.1 Å². The zero-order valence-electron chi connectivity index (χ0n) is 16.8. The van der Waals surface area contributed by atoms with Gasteiger partial charge in [-0.1, -0.05) is 23.5 Å². The Bertz CT molecular complexity index is 1360. The summed E-state index contributed by atoms with van der Waals surface area (Å²) in [5.74, 6) is -0.892. The van der Waals surface area contributed by atoms with E-state index < -0.39 is 12.0 Å². The number of rotatable bonds is 3. The average Bonchev–Trinajstić information content (AvgIpc) is 3.21. The minimum atomic E-state index is -0.697. The maximum absolute atomic E-state index is 13.4. The molecule has 0 fully saturated rings. The third kappa shape index (κ3) is 3.21. The highest BCUT2D eigenvalue weighted by molar-refractivity contribution is 7.07. The van der Waals surface area contributed by atoms with Gasteiger partial charge in [0.15, 0.2) is 4.80 Å². The van der Waals surface area contributed by atoms with Crippen molar-refractivity contribution in [3.05, 3.63) is 84.1 Å². The van der Waals surface area contributed by atoms with Crippen LogP contribution in [0, 0.1) is 12.7 Å². The van der Waals surface area contributed by atoms with Crippen molar-refractivity contribution >= 4 is 23.4 Å². The van der Waals surface area contributed by atoms with Gasteiger partial charge in [-0.05, 0) is 37.6 Å². The van der Waals surface area contributed by atoms with E-state index in [1.807, 2.05) is 6.92 Å². The molecule has 3 heterocycles. The molecular weight excluding hydrogens is 407 g/mol. The molecule has 154 valence electrons. The van der Waals surface area contributed by atoms with Gasteiger partial charge < -0.3 is 4.74 Å². The van der Waals surface area contributed by atoms with Gasteiger partial charge >= 0.3 is 5.97 Å². The van der Waals surface area contributed by atoms with Crippen LogP contribution < -0.4 is 14.9 Å². The Morgan fingerprint density at radius 2 is 1.97 bits per heavy atom. The number of benzene rings is 1. The van der Waals surface area contributed by atoms with Crippen LogP contribution in [0.1, 0.15) is 29.8 Å². The van der Waals surface area contributed by atoms with Crippen molar-refractivity contribution in [1.82, 2.24) is 14.3 Å². The topological polar surface area (TPSA) is 78.5 Å². The van der Waals surface area contributed by atoms with Gasteiger partial charge in [-0.25, -0.2) is 14.2 Å². The predicted molar refractivity (Wildman–Crippen MR) is 110 cm³/mol. The molecule has 0 aliphatic carbocycles. The number of fused-ring (bicyclic) bond motifs is 1. The second kappa shape index (κ2) is 7.49. The number of ether oxygens (including phenoxy) is 1. The number of aryl methyl sites for hydroxylation is 1. The van der Waals surface area contributed by atoms with Crippen LogP contribution in [0.3, 0.4) is 0 Å². The maximum atomic E-state index is 13.4. The third-order valence-corrected chi connectivity index (χ3v) is 6.15. The van der Waals surface area contributed by atoms with Crippen molar-refractivity contribution in [3.63, 3.8) is 0 Å². The van der Waals surface area contributed by atoms with Gasteiger partial charge in [0.05, 0.1) is 29.1 Å². The van der Waals surface area contributed by atoms with E-state index in [2.05, 4.69) is 10.1 Å².